The second-order valence-corrected chi connectivity index (χ2v) is 14.9. The molecule has 9 atom stereocenters. The topological polar surface area (TPSA) is 0 Å². The van der Waals surface area contributed by atoms with Crippen molar-refractivity contribution in [3.05, 3.63) is 24.3 Å². The fraction of sp³-hybridized carbons (Fsp3) is 0.875. The highest BCUT2D eigenvalue weighted by Crippen LogP contribution is 2.77. The quantitative estimate of drug-likeness (QED) is 0.378. The molecule has 32 heavy (non-hydrogen) atoms. The highest BCUT2D eigenvalue weighted by atomic mass is 14.7. The van der Waals surface area contributed by atoms with E-state index in [1.807, 2.05) is 0 Å². The summed E-state index contributed by atoms with van der Waals surface area (Å²) >= 11 is 0. The summed E-state index contributed by atoms with van der Waals surface area (Å²) in [5.74, 6) is 5.24. The molecule has 0 aromatic rings. The van der Waals surface area contributed by atoms with Crippen molar-refractivity contribution in [2.45, 2.75) is 113 Å². The van der Waals surface area contributed by atoms with Crippen LogP contribution in [0.3, 0.4) is 0 Å². The molecule has 0 spiro atoms. The Balaban J connectivity index is 1.56. The first-order chi connectivity index (χ1) is 14.9. The summed E-state index contributed by atoms with van der Waals surface area (Å²) in [5, 5.41) is 0. The van der Waals surface area contributed by atoms with Gasteiger partial charge in [0.05, 0.1) is 0 Å². The maximum atomic E-state index is 4.45. The molecule has 0 bridgehead atoms. The van der Waals surface area contributed by atoms with Crippen LogP contribution in [0.4, 0.5) is 0 Å². The molecule has 0 nitrogen and oxygen atoms in total. The van der Waals surface area contributed by atoms with Crippen LogP contribution in [0.5, 0.6) is 0 Å². The lowest BCUT2D eigenvalue weighted by Crippen LogP contribution is -2.65. The van der Waals surface area contributed by atoms with Gasteiger partial charge in [0.15, 0.2) is 0 Å². The fourth-order valence-corrected chi connectivity index (χ4v) is 11.5. The van der Waals surface area contributed by atoms with Gasteiger partial charge >= 0.3 is 0 Å². The molecule has 0 heteroatoms. The summed E-state index contributed by atoms with van der Waals surface area (Å²) < 4.78 is 0. The second-order valence-electron chi connectivity index (χ2n) is 14.9. The minimum Gasteiger partial charge on any atom is -0.103 e. The summed E-state index contributed by atoms with van der Waals surface area (Å²) in [6.45, 7) is 25.3. The molecule has 5 aliphatic rings. The maximum absolute atomic E-state index is 4.45. The lowest BCUT2D eigenvalue weighted by Gasteiger charge is -2.72. The van der Waals surface area contributed by atoms with Crippen molar-refractivity contribution in [3.8, 4) is 0 Å². The molecule has 0 saturated heterocycles. The third kappa shape index (κ3) is 2.62. The molecular weight excluding hydrogens is 384 g/mol. The van der Waals surface area contributed by atoms with E-state index in [4.69, 9.17) is 0 Å². The summed E-state index contributed by atoms with van der Waals surface area (Å²) in [5.41, 5.74) is 3.93. The van der Waals surface area contributed by atoms with E-state index < -0.39 is 0 Å². The van der Waals surface area contributed by atoms with Crippen LogP contribution >= 0.6 is 0 Å². The normalized spacial score (nSPS) is 54.2. The van der Waals surface area contributed by atoms with Gasteiger partial charge in [-0.05, 0) is 127 Å². The van der Waals surface area contributed by atoms with Gasteiger partial charge in [-0.15, -0.1) is 6.58 Å². The van der Waals surface area contributed by atoms with Gasteiger partial charge < -0.3 is 0 Å². The minimum absolute atomic E-state index is 0.366. The number of rotatable bonds is 2. The van der Waals surface area contributed by atoms with E-state index in [0.29, 0.717) is 27.1 Å². The average molecular weight is 437 g/mol. The largest absolute Gasteiger partial charge is 0.103 e. The maximum Gasteiger partial charge on any atom is -0.00868 e. The van der Waals surface area contributed by atoms with Gasteiger partial charge in [0.2, 0.25) is 0 Å². The molecule has 0 aliphatic heterocycles. The molecular formula is C32H52. The number of hydrogen-bond acceptors (Lipinski definition) is 0. The minimum atomic E-state index is 0.366. The van der Waals surface area contributed by atoms with Crippen LogP contribution in [-0.2, 0) is 0 Å². The Morgan fingerprint density at radius 2 is 1.59 bits per heavy atom. The molecule has 4 saturated carbocycles. The van der Waals surface area contributed by atoms with E-state index in [2.05, 4.69) is 74.1 Å². The Bertz CT molecular complexity index is 814. The predicted octanol–water partition coefficient (Wildman–Crippen LogP) is 9.47. The number of hydrogen-bond donors (Lipinski definition) is 0. The third-order valence-electron chi connectivity index (χ3n) is 13.8. The average Bonchev–Trinajstić information content (AvgIpc) is 3.12. The second kappa shape index (κ2) is 7.01. The van der Waals surface area contributed by atoms with Crippen molar-refractivity contribution < 1.29 is 0 Å². The molecule has 0 aromatic carbocycles. The molecule has 0 unspecified atom stereocenters. The van der Waals surface area contributed by atoms with Gasteiger partial charge in [0.25, 0.3) is 0 Å². The highest BCUT2D eigenvalue weighted by molar-refractivity contribution is 5.26. The summed E-state index contributed by atoms with van der Waals surface area (Å²) in [7, 11) is 0. The van der Waals surface area contributed by atoms with E-state index in [1.165, 1.54) is 57.8 Å². The lowest BCUT2D eigenvalue weighted by molar-refractivity contribution is -0.225. The molecule has 0 aromatic heterocycles. The van der Waals surface area contributed by atoms with Crippen molar-refractivity contribution in [2.24, 2.45) is 62.6 Å². The van der Waals surface area contributed by atoms with Gasteiger partial charge in [-0.25, -0.2) is 0 Å². The highest BCUT2D eigenvalue weighted by Gasteiger charge is 2.69. The first kappa shape index (κ1) is 23.2. The first-order valence-electron chi connectivity index (χ1n) is 14.2. The van der Waals surface area contributed by atoms with E-state index in [9.17, 15) is 0 Å². The van der Waals surface area contributed by atoms with Crippen LogP contribution in [0.15, 0.2) is 24.3 Å². The van der Waals surface area contributed by atoms with Crippen LogP contribution in [0.1, 0.15) is 113 Å². The zero-order chi connectivity index (χ0) is 23.3. The van der Waals surface area contributed by atoms with Crippen LogP contribution in [-0.4, -0.2) is 0 Å². The van der Waals surface area contributed by atoms with Crippen molar-refractivity contribution in [1.82, 2.24) is 0 Å². The Kier molecular flexibility index (Phi) is 5.09. The molecule has 0 radical (unpaired) electrons. The van der Waals surface area contributed by atoms with Gasteiger partial charge in [-0.1, -0.05) is 66.2 Å². The van der Waals surface area contributed by atoms with Crippen LogP contribution in [0, 0.1) is 62.6 Å². The third-order valence-corrected chi connectivity index (χ3v) is 13.8. The Hall–Kier alpha value is -0.520. The van der Waals surface area contributed by atoms with Crippen molar-refractivity contribution in [2.75, 3.05) is 0 Å². The van der Waals surface area contributed by atoms with E-state index >= 15 is 0 Å². The molecule has 0 N–H and O–H groups in total. The van der Waals surface area contributed by atoms with Crippen molar-refractivity contribution in [1.29, 1.82) is 0 Å². The summed E-state index contributed by atoms with van der Waals surface area (Å²) in [4.78, 5) is 0. The smallest absolute Gasteiger partial charge is 0.00868 e. The first-order valence-corrected chi connectivity index (χ1v) is 14.2. The fourth-order valence-electron chi connectivity index (χ4n) is 11.5. The predicted molar refractivity (Wildman–Crippen MR) is 138 cm³/mol. The summed E-state index contributed by atoms with van der Waals surface area (Å²) in [6, 6.07) is 0. The molecule has 180 valence electrons. The Labute approximate surface area is 200 Å². The zero-order valence-corrected chi connectivity index (χ0v) is 22.7. The van der Waals surface area contributed by atoms with Gasteiger partial charge in [-0.2, -0.15) is 0 Å². The van der Waals surface area contributed by atoms with Crippen molar-refractivity contribution >= 4 is 0 Å². The Morgan fingerprint density at radius 1 is 0.875 bits per heavy atom. The van der Waals surface area contributed by atoms with Gasteiger partial charge in [0, 0.05) is 0 Å². The standard InChI is InChI=1S/C32H52/c1-10-32-18-14-23(21(2)3)27(32)24-11-12-26-29(7)16-13-22(4)28(5,6)25(29)15-17-31(26,9)30(24,8)19-20-32/h10,13,21,23-27H,1,11-12,14-20H2,2-9H3/t23-,24+,25-,26+,27+,29-,30+,31+,32+/m0/s1. The summed E-state index contributed by atoms with van der Waals surface area (Å²) in [6.07, 6.45) is 18.0. The molecule has 4 fully saturated rings. The monoisotopic (exact) mass is 436 g/mol. The van der Waals surface area contributed by atoms with Crippen LogP contribution in [0.2, 0.25) is 0 Å². The van der Waals surface area contributed by atoms with Crippen LogP contribution < -0.4 is 0 Å². The van der Waals surface area contributed by atoms with E-state index in [1.54, 1.807) is 5.57 Å². The number of allylic oxidation sites excluding steroid dienone is 3. The molecule has 5 rings (SSSR count). The van der Waals surface area contributed by atoms with Gasteiger partial charge in [-0.3, -0.25) is 0 Å². The zero-order valence-electron chi connectivity index (χ0n) is 22.7. The van der Waals surface area contributed by atoms with Crippen molar-refractivity contribution in [3.63, 3.8) is 0 Å². The van der Waals surface area contributed by atoms with E-state index in [0.717, 1.165) is 35.5 Å². The molecule has 0 amide bonds. The van der Waals surface area contributed by atoms with Gasteiger partial charge in [0.1, 0.15) is 0 Å². The van der Waals surface area contributed by atoms with E-state index in [-0.39, 0.29) is 0 Å². The van der Waals surface area contributed by atoms with Crippen LogP contribution in [0.25, 0.3) is 0 Å². The Morgan fingerprint density at radius 3 is 2.25 bits per heavy atom. The lowest BCUT2D eigenvalue weighted by atomic mass is 9.32. The number of fused-ring (bicyclic) bond motifs is 7. The SMILES string of the molecule is C=C[C@]12CC[C@@H](C(C)C)[C@@H]1[C@H]1CC[C@@H]3[C@@]4(C)CC=C(C)C(C)(C)[C@@H]4CC[C@@]3(C)[C@]1(C)CC2. The molecule has 5 aliphatic carbocycles. The molecule has 0 heterocycles.